The molecule has 1 aliphatic heterocycles. The molecule has 31 heavy (non-hydrogen) atoms. The maximum Gasteiger partial charge on any atom is 0.239 e. The van der Waals surface area contributed by atoms with Gasteiger partial charge in [0.15, 0.2) is 0 Å². The lowest BCUT2D eigenvalue weighted by Crippen LogP contribution is -2.54. The molecule has 1 saturated heterocycles. The normalized spacial score (nSPS) is 27.7. The highest BCUT2D eigenvalue weighted by atomic mass is 16.2. The zero-order chi connectivity index (χ0) is 21.5. The minimum Gasteiger partial charge on any atom is -0.302 e. The molecule has 1 fully saturated rings. The first kappa shape index (κ1) is 18.3. The molecule has 152 valence electrons. The molecular weight excluding hydrogens is 386 g/mol. The molecule has 2 amide bonds. The van der Waals surface area contributed by atoms with Crippen LogP contribution in [0, 0.1) is 25.7 Å². The molecule has 1 heterocycles. The van der Waals surface area contributed by atoms with E-state index >= 15 is 0 Å². The first-order valence-corrected chi connectivity index (χ1v) is 10.6. The fourth-order valence-electron chi connectivity index (χ4n) is 6.15. The Balaban J connectivity index is 1.63. The largest absolute Gasteiger partial charge is 0.302 e. The van der Waals surface area contributed by atoms with E-state index in [4.69, 9.17) is 0 Å². The molecule has 3 aromatic rings. The van der Waals surface area contributed by atoms with Gasteiger partial charge in [-0.3, -0.25) is 9.59 Å². The Bertz CT molecular complexity index is 1260. The molecule has 3 aliphatic carbocycles. The summed E-state index contributed by atoms with van der Waals surface area (Å²) in [6.45, 7) is 3.97. The summed E-state index contributed by atoms with van der Waals surface area (Å²) in [6, 6.07) is 21.2. The van der Waals surface area contributed by atoms with Crippen LogP contribution in [0.3, 0.4) is 0 Å². The molecule has 3 aromatic carbocycles. The number of benzene rings is 3. The van der Waals surface area contributed by atoms with Gasteiger partial charge in [0.1, 0.15) is 6.29 Å². The molecule has 4 aliphatic rings. The molecule has 4 heteroatoms. The molecule has 2 atom stereocenters. The first-order chi connectivity index (χ1) is 15.0. The molecule has 0 aromatic heterocycles. The molecule has 7 rings (SSSR count). The predicted octanol–water partition coefficient (Wildman–Crippen LogP) is 4.05. The predicted molar refractivity (Wildman–Crippen MR) is 117 cm³/mol. The third-order valence-electron chi connectivity index (χ3n) is 7.62. The van der Waals surface area contributed by atoms with Gasteiger partial charge in [-0.15, -0.1) is 0 Å². The number of rotatable bonds is 2. The third-order valence-corrected chi connectivity index (χ3v) is 7.62. The third kappa shape index (κ3) is 2.03. The molecule has 2 bridgehead atoms. The van der Waals surface area contributed by atoms with Gasteiger partial charge >= 0.3 is 0 Å². The van der Waals surface area contributed by atoms with Crippen LogP contribution >= 0.6 is 0 Å². The summed E-state index contributed by atoms with van der Waals surface area (Å²) in [4.78, 5) is 41.9. The van der Waals surface area contributed by atoms with E-state index in [1.165, 1.54) is 4.90 Å². The van der Waals surface area contributed by atoms with Gasteiger partial charge in [-0.05, 0) is 59.4 Å². The zero-order valence-electron chi connectivity index (χ0n) is 17.3. The van der Waals surface area contributed by atoms with Gasteiger partial charge in [-0.2, -0.15) is 0 Å². The number of imide groups is 1. The van der Waals surface area contributed by atoms with Gasteiger partial charge in [-0.1, -0.05) is 54.6 Å². The number of hydrogen-bond donors (Lipinski definition) is 0. The Morgan fingerprint density at radius 3 is 2.00 bits per heavy atom. The number of amides is 2. The van der Waals surface area contributed by atoms with Crippen LogP contribution in [0.5, 0.6) is 0 Å². The average Bonchev–Trinajstić information content (AvgIpc) is 3.07. The van der Waals surface area contributed by atoms with Crippen molar-refractivity contribution in [1.29, 1.82) is 0 Å². The lowest BCUT2D eigenvalue weighted by Gasteiger charge is -2.51. The summed E-state index contributed by atoms with van der Waals surface area (Å²) in [5.74, 6) is -2.02. The van der Waals surface area contributed by atoms with E-state index in [2.05, 4.69) is 0 Å². The lowest BCUT2D eigenvalue weighted by molar-refractivity contribution is -0.128. The van der Waals surface area contributed by atoms with Crippen molar-refractivity contribution < 1.29 is 14.4 Å². The fourth-order valence-corrected chi connectivity index (χ4v) is 6.15. The van der Waals surface area contributed by atoms with Crippen molar-refractivity contribution in [3.05, 3.63) is 100 Å². The Labute approximate surface area is 180 Å². The van der Waals surface area contributed by atoms with Gasteiger partial charge in [0.05, 0.1) is 22.9 Å². The molecule has 0 radical (unpaired) electrons. The lowest BCUT2D eigenvalue weighted by atomic mass is 9.48. The number of aldehydes is 1. The number of nitrogens with zero attached hydrogens (tertiary/aromatic N) is 1. The van der Waals surface area contributed by atoms with Crippen molar-refractivity contribution in [2.24, 2.45) is 11.8 Å². The maximum atomic E-state index is 13.9. The van der Waals surface area contributed by atoms with Crippen LogP contribution in [0.4, 0.5) is 5.69 Å². The SMILES string of the molecule is Cc1ccc(N2C(=O)C3C4c5ccccc5C(C=O)(c5ccccc54)C3C2=O)cc1C. The van der Waals surface area contributed by atoms with Crippen LogP contribution < -0.4 is 4.90 Å². The highest BCUT2D eigenvalue weighted by Crippen LogP contribution is 2.63. The summed E-state index contributed by atoms with van der Waals surface area (Å²) >= 11 is 0. The van der Waals surface area contributed by atoms with Crippen molar-refractivity contribution in [3.63, 3.8) is 0 Å². The summed E-state index contributed by atoms with van der Waals surface area (Å²) in [5, 5.41) is 0. The van der Waals surface area contributed by atoms with Crippen LogP contribution in [-0.4, -0.2) is 18.1 Å². The highest BCUT2D eigenvalue weighted by Gasteiger charge is 2.68. The minimum atomic E-state index is -1.15. The Hall–Kier alpha value is -3.53. The number of carbonyl (C=O) groups is 3. The Morgan fingerprint density at radius 2 is 1.42 bits per heavy atom. The van der Waals surface area contributed by atoms with E-state index in [9.17, 15) is 14.4 Å². The van der Waals surface area contributed by atoms with Crippen LogP contribution in [0.2, 0.25) is 0 Å². The number of anilines is 1. The zero-order valence-corrected chi connectivity index (χ0v) is 17.3. The van der Waals surface area contributed by atoms with E-state index in [-0.39, 0.29) is 17.7 Å². The summed E-state index contributed by atoms with van der Waals surface area (Å²) in [6.07, 6.45) is 0.910. The number of hydrogen-bond acceptors (Lipinski definition) is 3. The molecule has 4 nitrogen and oxygen atoms in total. The van der Waals surface area contributed by atoms with E-state index in [1.807, 2.05) is 80.6 Å². The standard InChI is InChI=1S/C27H21NO3/c1-15-11-12-17(13-16(15)2)28-25(30)23-22-18-7-3-5-9-20(18)27(14-29,24(23)26(28)31)21-10-6-4-8-19(21)22/h3-14,22-24H,1-2H3. The van der Waals surface area contributed by atoms with E-state index in [0.29, 0.717) is 5.69 Å². The first-order valence-electron chi connectivity index (χ1n) is 10.6. The second kappa shape index (κ2) is 6.01. The molecule has 2 unspecified atom stereocenters. The van der Waals surface area contributed by atoms with Crippen LogP contribution in [0.1, 0.15) is 39.3 Å². The van der Waals surface area contributed by atoms with Gasteiger partial charge < -0.3 is 4.79 Å². The summed E-state index contributed by atoms with van der Waals surface area (Å²) in [5.41, 5.74) is 5.25. The van der Waals surface area contributed by atoms with E-state index in [1.54, 1.807) is 0 Å². The summed E-state index contributed by atoms with van der Waals surface area (Å²) in [7, 11) is 0. The van der Waals surface area contributed by atoms with Crippen molar-refractivity contribution in [1.82, 2.24) is 0 Å². The number of carbonyl (C=O) groups excluding carboxylic acids is 3. The highest BCUT2D eigenvalue weighted by molar-refractivity contribution is 6.24. The van der Waals surface area contributed by atoms with Crippen molar-refractivity contribution >= 4 is 23.8 Å². The van der Waals surface area contributed by atoms with Gasteiger partial charge in [-0.25, -0.2) is 4.90 Å². The fraction of sp³-hybridized carbons (Fsp3) is 0.222. The van der Waals surface area contributed by atoms with E-state index < -0.39 is 17.3 Å². The molecule has 0 saturated carbocycles. The van der Waals surface area contributed by atoms with Crippen LogP contribution in [-0.2, 0) is 19.8 Å². The minimum absolute atomic E-state index is 0.210. The van der Waals surface area contributed by atoms with Crippen LogP contribution in [0.15, 0.2) is 66.7 Å². The molecule has 0 spiro atoms. The van der Waals surface area contributed by atoms with Crippen molar-refractivity contribution in [2.75, 3.05) is 4.90 Å². The van der Waals surface area contributed by atoms with Gasteiger partial charge in [0, 0.05) is 5.92 Å². The van der Waals surface area contributed by atoms with Gasteiger partial charge in [0.2, 0.25) is 11.8 Å². The number of aryl methyl sites for hydroxylation is 2. The Morgan fingerprint density at radius 1 is 0.806 bits per heavy atom. The maximum absolute atomic E-state index is 13.9. The second-order valence-corrected chi connectivity index (χ2v) is 8.92. The van der Waals surface area contributed by atoms with Gasteiger partial charge in [0.25, 0.3) is 0 Å². The summed E-state index contributed by atoms with van der Waals surface area (Å²) < 4.78 is 0. The van der Waals surface area contributed by atoms with Crippen LogP contribution in [0.25, 0.3) is 0 Å². The monoisotopic (exact) mass is 407 g/mol. The second-order valence-electron chi connectivity index (χ2n) is 8.92. The quantitative estimate of drug-likeness (QED) is 0.476. The Kier molecular flexibility index (Phi) is 3.54. The smallest absolute Gasteiger partial charge is 0.239 e. The van der Waals surface area contributed by atoms with Crippen molar-refractivity contribution in [2.45, 2.75) is 25.2 Å². The topological polar surface area (TPSA) is 54.5 Å². The molecule has 0 N–H and O–H groups in total. The average molecular weight is 407 g/mol. The molecular formula is C27H21NO3. The van der Waals surface area contributed by atoms with Crippen molar-refractivity contribution in [3.8, 4) is 0 Å². The van der Waals surface area contributed by atoms with E-state index in [0.717, 1.165) is 39.7 Å².